The van der Waals surface area contributed by atoms with E-state index in [9.17, 15) is 0 Å². The molecule has 1 saturated carbocycles. The zero-order chi connectivity index (χ0) is 17.2. The van der Waals surface area contributed by atoms with Gasteiger partial charge >= 0.3 is 0 Å². The summed E-state index contributed by atoms with van der Waals surface area (Å²) < 4.78 is 5.95. The highest BCUT2D eigenvalue weighted by Crippen LogP contribution is 2.40. The van der Waals surface area contributed by atoms with E-state index in [0.717, 1.165) is 12.8 Å². The first-order valence-corrected chi connectivity index (χ1v) is 7.85. The van der Waals surface area contributed by atoms with Gasteiger partial charge in [0, 0.05) is 23.9 Å². The molecule has 1 aliphatic rings. The van der Waals surface area contributed by atoms with E-state index in [4.69, 9.17) is 21.0 Å². The van der Waals surface area contributed by atoms with Crippen LogP contribution in [0.5, 0.6) is 5.75 Å². The summed E-state index contributed by atoms with van der Waals surface area (Å²) >= 11 is 0. The Balaban J connectivity index is 1.84. The topological polar surface area (TPSA) is 117 Å². The van der Waals surface area contributed by atoms with Gasteiger partial charge in [0.1, 0.15) is 23.5 Å². The zero-order valence-electron chi connectivity index (χ0n) is 13.5. The quantitative estimate of drug-likeness (QED) is 0.455. The van der Waals surface area contributed by atoms with Crippen molar-refractivity contribution in [2.45, 2.75) is 25.4 Å². The summed E-state index contributed by atoms with van der Waals surface area (Å²) in [5.74, 6) is 1.26. The molecule has 1 aromatic heterocycles. The third-order valence-corrected chi connectivity index (χ3v) is 3.95. The van der Waals surface area contributed by atoms with Crippen molar-refractivity contribution in [2.24, 2.45) is 0 Å². The van der Waals surface area contributed by atoms with Gasteiger partial charge in [0.05, 0.1) is 18.0 Å². The van der Waals surface area contributed by atoms with Crippen molar-refractivity contribution in [3.05, 3.63) is 41.9 Å². The fraction of sp³-hybridized carbons (Fsp3) is 0.353. The van der Waals surface area contributed by atoms with Crippen molar-refractivity contribution in [3.63, 3.8) is 0 Å². The molecule has 7 nitrogen and oxygen atoms in total. The van der Waals surface area contributed by atoms with Gasteiger partial charge in [-0.05, 0) is 38.0 Å². The third kappa shape index (κ3) is 3.62. The summed E-state index contributed by atoms with van der Waals surface area (Å²) in [6.07, 6.45) is 3.46. The first kappa shape index (κ1) is 16.2. The highest BCUT2D eigenvalue weighted by molar-refractivity contribution is 6.13. The van der Waals surface area contributed by atoms with E-state index in [2.05, 4.69) is 22.2 Å². The number of anilines is 2. The smallest absolute Gasteiger partial charge is 0.130 e. The molecule has 1 aromatic carbocycles. The number of nitrogen functional groups attached to an aromatic ring is 1. The molecule has 5 N–H and O–H groups in total. The second-order valence-electron chi connectivity index (χ2n) is 6.11. The molecule has 1 heterocycles. The van der Waals surface area contributed by atoms with Crippen LogP contribution >= 0.6 is 0 Å². The summed E-state index contributed by atoms with van der Waals surface area (Å²) in [6, 6.07) is 7.01. The molecule has 0 saturated heterocycles. The zero-order valence-corrected chi connectivity index (χ0v) is 13.5. The number of nitrogens with two attached hydrogens (primary N) is 1. The molecular weight excluding hydrogens is 306 g/mol. The first-order chi connectivity index (χ1) is 11.5. The highest BCUT2D eigenvalue weighted by Gasteiger charge is 2.40. The number of hydrogen-bond acceptors (Lipinski definition) is 7. The minimum absolute atomic E-state index is 0.00187. The number of hydrogen-bond donors (Lipinski definition) is 4. The summed E-state index contributed by atoms with van der Waals surface area (Å²) in [5, 5.41) is 20.2. The number of aromatic nitrogens is 2. The van der Waals surface area contributed by atoms with E-state index in [-0.39, 0.29) is 17.9 Å². The average molecular weight is 327 g/mol. The van der Waals surface area contributed by atoms with E-state index in [1.165, 1.54) is 6.33 Å². The minimum Gasteiger partial charge on any atom is -0.488 e. The lowest BCUT2D eigenvalue weighted by Gasteiger charge is -2.15. The molecule has 2 aromatic rings. The number of aliphatic hydroxyl groups is 1. The standard InChI is InChI=1S/C17H21N5O2/c1-17(4-5-17)24-11-2-3-13(18)12(8-11)16(19)14-9-15(20-6-7-23)22-10-21-14/h2-3,8-10,19,23H,4-7,18H2,1H3,(H,20,21,22). The van der Waals surface area contributed by atoms with Gasteiger partial charge in [-0.25, -0.2) is 9.97 Å². The lowest BCUT2D eigenvalue weighted by molar-refractivity contribution is 0.200. The number of aliphatic hydroxyl groups excluding tert-OH is 1. The summed E-state index contributed by atoms with van der Waals surface area (Å²) in [7, 11) is 0. The van der Waals surface area contributed by atoms with Crippen LogP contribution in [0.1, 0.15) is 31.0 Å². The van der Waals surface area contributed by atoms with Gasteiger partial charge in [0.25, 0.3) is 0 Å². The van der Waals surface area contributed by atoms with Crippen molar-refractivity contribution in [1.82, 2.24) is 9.97 Å². The van der Waals surface area contributed by atoms with Crippen LogP contribution < -0.4 is 15.8 Å². The normalized spacial score (nSPS) is 14.9. The Labute approximate surface area is 140 Å². The van der Waals surface area contributed by atoms with E-state index in [1.807, 2.05) is 6.07 Å². The fourth-order valence-corrected chi connectivity index (χ4v) is 2.29. The van der Waals surface area contributed by atoms with E-state index in [0.29, 0.717) is 35.1 Å². The predicted octanol–water partition coefficient (Wildman–Crippen LogP) is 1.81. The average Bonchev–Trinajstić information content (AvgIpc) is 3.31. The Hall–Kier alpha value is -2.67. The molecule has 1 fully saturated rings. The number of benzene rings is 1. The SMILES string of the molecule is CC1(Oc2ccc(N)c(C(=N)c3cc(NCCO)ncn3)c2)CC1. The van der Waals surface area contributed by atoms with Gasteiger partial charge in [-0.1, -0.05) is 0 Å². The highest BCUT2D eigenvalue weighted by atomic mass is 16.5. The number of ether oxygens (including phenoxy) is 1. The van der Waals surface area contributed by atoms with Crippen LogP contribution in [0.2, 0.25) is 0 Å². The van der Waals surface area contributed by atoms with Crippen LogP contribution in [0, 0.1) is 5.41 Å². The molecule has 24 heavy (non-hydrogen) atoms. The second-order valence-corrected chi connectivity index (χ2v) is 6.11. The van der Waals surface area contributed by atoms with Crippen LogP contribution in [0.4, 0.5) is 11.5 Å². The summed E-state index contributed by atoms with van der Waals surface area (Å²) in [6.45, 7) is 2.45. The van der Waals surface area contributed by atoms with E-state index in [1.54, 1.807) is 18.2 Å². The molecule has 0 amide bonds. The molecule has 0 spiro atoms. The van der Waals surface area contributed by atoms with Gasteiger partial charge < -0.3 is 20.9 Å². The monoisotopic (exact) mass is 327 g/mol. The van der Waals surface area contributed by atoms with Gasteiger partial charge in [0.2, 0.25) is 0 Å². The predicted molar refractivity (Wildman–Crippen MR) is 92.7 cm³/mol. The van der Waals surface area contributed by atoms with Crippen LogP contribution in [-0.2, 0) is 0 Å². The van der Waals surface area contributed by atoms with Crippen molar-refractivity contribution < 1.29 is 9.84 Å². The van der Waals surface area contributed by atoms with Crippen LogP contribution in [-0.4, -0.2) is 39.5 Å². The molecule has 0 bridgehead atoms. The van der Waals surface area contributed by atoms with Crippen molar-refractivity contribution in [1.29, 1.82) is 5.41 Å². The number of rotatable bonds is 7. The number of nitrogens with zero attached hydrogens (tertiary/aromatic N) is 2. The number of nitrogens with one attached hydrogen (secondary N) is 2. The van der Waals surface area contributed by atoms with Gasteiger partial charge in [0.15, 0.2) is 0 Å². The van der Waals surface area contributed by atoms with E-state index >= 15 is 0 Å². The third-order valence-electron chi connectivity index (χ3n) is 3.95. The van der Waals surface area contributed by atoms with Crippen molar-refractivity contribution in [3.8, 4) is 5.75 Å². The maximum absolute atomic E-state index is 8.87. The maximum atomic E-state index is 8.87. The van der Waals surface area contributed by atoms with Crippen LogP contribution in [0.15, 0.2) is 30.6 Å². The van der Waals surface area contributed by atoms with Gasteiger partial charge in [-0.3, -0.25) is 5.41 Å². The molecule has 126 valence electrons. The summed E-state index contributed by atoms with van der Waals surface area (Å²) in [4.78, 5) is 8.21. The van der Waals surface area contributed by atoms with E-state index < -0.39 is 0 Å². The van der Waals surface area contributed by atoms with Crippen molar-refractivity contribution >= 4 is 17.2 Å². The lowest BCUT2D eigenvalue weighted by Crippen LogP contribution is -2.14. The Morgan fingerprint density at radius 1 is 1.38 bits per heavy atom. The molecule has 3 rings (SSSR count). The Bertz CT molecular complexity index is 758. The molecule has 7 heteroatoms. The van der Waals surface area contributed by atoms with Crippen LogP contribution in [0.3, 0.4) is 0 Å². The Morgan fingerprint density at radius 3 is 2.88 bits per heavy atom. The van der Waals surface area contributed by atoms with Gasteiger partial charge in [-0.15, -0.1) is 0 Å². The molecule has 0 atom stereocenters. The second kappa shape index (κ2) is 6.45. The van der Waals surface area contributed by atoms with Crippen molar-refractivity contribution in [2.75, 3.05) is 24.2 Å². The molecule has 0 radical (unpaired) electrons. The molecule has 0 unspecified atom stereocenters. The molecular formula is C17H21N5O2. The Morgan fingerprint density at radius 2 is 2.17 bits per heavy atom. The maximum Gasteiger partial charge on any atom is 0.130 e. The van der Waals surface area contributed by atoms with Crippen LogP contribution in [0.25, 0.3) is 0 Å². The molecule has 1 aliphatic carbocycles. The minimum atomic E-state index is -0.0914. The first-order valence-electron chi connectivity index (χ1n) is 7.85. The summed E-state index contributed by atoms with van der Waals surface area (Å²) in [5.41, 5.74) is 7.67. The Kier molecular flexibility index (Phi) is 4.35. The molecule has 0 aliphatic heterocycles. The lowest BCUT2D eigenvalue weighted by atomic mass is 10.0. The largest absolute Gasteiger partial charge is 0.488 e. The van der Waals surface area contributed by atoms with Gasteiger partial charge in [-0.2, -0.15) is 0 Å². The fourth-order valence-electron chi connectivity index (χ4n) is 2.29.